The van der Waals surface area contributed by atoms with Crippen LogP contribution in [0.3, 0.4) is 0 Å². The number of fused-ring (bicyclic) bond motifs is 1. The van der Waals surface area contributed by atoms with Crippen LogP contribution in [0.5, 0.6) is 0 Å². The number of nitrogens with one attached hydrogen (secondary N) is 1. The van der Waals surface area contributed by atoms with Crippen LogP contribution in [0.4, 0.5) is 0 Å². The van der Waals surface area contributed by atoms with Crippen molar-refractivity contribution in [3.8, 4) is 11.3 Å². The number of nitrogens with zero attached hydrogens (tertiary/aromatic N) is 3. The maximum atomic E-state index is 12.7. The largest absolute Gasteiger partial charge is 0.338 e. The first-order chi connectivity index (χ1) is 12.2. The van der Waals surface area contributed by atoms with Gasteiger partial charge in [-0.15, -0.1) is 0 Å². The molecule has 0 saturated carbocycles. The number of aromatic amines is 1. The molecule has 0 aliphatic carbocycles. The van der Waals surface area contributed by atoms with Crippen LogP contribution in [0.25, 0.3) is 11.3 Å². The molecule has 0 fully saturated rings. The maximum absolute atomic E-state index is 12.7. The van der Waals surface area contributed by atoms with E-state index in [-0.39, 0.29) is 5.91 Å². The summed E-state index contributed by atoms with van der Waals surface area (Å²) in [7, 11) is 0. The molecule has 1 N–H and O–H groups in total. The Hall–Kier alpha value is -2.47. The highest BCUT2D eigenvalue weighted by Crippen LogP contribution is 2.28. The lowest BCUT2D eigenvalue weighted by atomic mass is 10.0. The second-order valence-corrected chi connectivity index (χ2v) is 7.05. The molecule has 0 saturated heterocycles. The third kappa shape index (κ3) is 3.35. The van der Waals surface area contributed by atoms with Gasteiger partial charge in [-0.2, -0.15) is 5.10 Å². The summed E-state index contributed by atoms with van der Waals surface area (Å²) in [4.78, 5) is 18.7. The fraction of sp³-hybridized carbons (Fsp3) is 0.211. The average molecular weight is 397 g/mol. The van der Waals surface area contributed by atoms with E-state index in [0.717, 1.165) is 45.5 Å². The lowest BCUT2D eigenvalue weighted by molar-refractivity contribution is -0.131. The van der Waals surface area contributed by atoms with Crippen molar-refractivity contribution in [2.45, 2.75) is 19.4 Å². The zero-order chi connectivity index (χ0) is 17.2. The van der Waals surface area contributed by atoms with Crippen LogP contribution in [-0.2, 0) is 24.2 Å². The van der Waals surface area contributed by atoms with Gasteiger partial charge >= 0.3 is 0 Å². The van der Waals surface area contributed by atoms with Crippen LogP contribution in [-0.4, -0.2) is 32.5 Å². The Morgan fingerprint density at radius 2 is 2.08 bits per heavy atom. The molecule has 0 spiro atoms. The Bertz CT molecular complexity index is 907. The second-order valence-electron chi connectivity index (χ2n) is 6.14. The first-order valence-electron chi connectivity index (χ1n) is 8.19. The zero-order valence-electron chi connectivity index (χ0n) is 13.6. The number of rotatable bonds is 3. The van der Waals surface area contributed by atoms with Gasteiger partial charge in [-0.3, -0.25) is 14.9 Å². The average Bonchev–Trinajstić information content (AvgIpc) is 3.05. The molecule has 6 heteroatoms. The minimum atomic E-state index is 0.144. The van der Waals surface area contributed by atoms with Gasteiger partial charge in [-0.1, -0.05) is 28.1 Å². The maximum Gasteiger partial charge on any atom is 0.227 e. The normalized spacial score (nSPS) is 13.6. The van der Waals surface area contributed by atoms with E-state index in [1.54, 1.807) is 12.4 Å². The molecule has 0 unspecified atom stereocenters. The van der Waals surface area contributed by atoms with Gasteiger partial charge in [0.2, 0.25) is 5.91 Å². The van der Waals surface area contributed by atoms with E-state index in [0.29, 0.717) is 13.0 Å². The standard InChI is InChI=1S/C19H17BrN4O/c20-15-3-1-2-13(10-15)11-18(25)24-9-6-17-16(12-24)19(23-22-17)14-4-7-21-8-5-14/h1-5,7-8,10H,6,9,11-12H2,(H,22,23). The van der Waals surface area contributed by atoms with Crippen molar-refractivity contribution in [2.24, 2.45) is 0 Å². The van der Waals surface area contributed by atoms with E-state index in [2.05, 4.69) is 31.1 Å². The third-order valence-electron chi connectivity index (χ3n) is 4.48. The van der Waals surface area contributed by atoms with Crippen LogP contribution >= 0.6 is 15.9 Å². The lowest BCUT2D eigenvalue weighted by Crippen LogP contribution is -2.36. The molecule has 2 aromatic heterocycles. The molecule has 3 heterocycles. The van der Waals surface area contributed by atoms with Gasteiger partial charge in [0.05, 0.1) is 12.1 Å². The van der Waals surface area contributed by atoms with Crippen molar-refractivity contribution in [2.75, 3.05) is 6.54 Å². The number of pyridine rings is 1. The Labute approximate surface area is 154 Å². The summed E-state index contributed by atoms with van der Waals surface area (Å²) in [5.41, 5.74) is 5.19. The van der Waals surface area contributed by atoms with Gasteiger partial charge in [-0.25, -0.2) is 0 Å². The number of amides is 1. The molecule has 3 aromatic rings. The highest BCUT2D eigenvalue weighted by Gasteiger charge is 2.25. The van der Waals surface area contributed by atoms with E-state index in [9.17, 15) is 4.79 Å². The van der Waals surface area contributed by atoms with Gasteiger partial charge in [0.1, 0.15) is 0 Å². The van der Waals surface area contributed by atoms with E-state index < -0.39 is 0 Å². The van der Waals surface area contributed by atoms with Crippen molar-refractivity contribution < 1.29 is 4.79 Å². The monoisotopic (exact) mass is 396 g/mol. The lowest BCUT2D eigenvalue weighted by Gasteiger charge is -2.27. The van der Waals surface area contributed by atoms with Gasteiger partial charge in [0.15, 0.2) is 0 Å². The molecule has 1 aromatic carbocycles. The van der Waals surface area contributed by atoms with E-state index in [4.69, 9.17) is 0 Å². The quantitative estimate of drug-likeness (QED) is 0.737. The fourth-order valence-electron chi connectivity index (χ4n) is 3.19. The Balaban J connectivity index is 1.54. The summed E-state index contributed by atoms with van der Waals surface area (Å²) < 4.78 is 0.994. The zero-order valence-corrected chi connectivity index (χ0v) is 15.2. The Kier molecular flexibility index (Phi) is 4.36. The number of aromatic nitrogens is 3. The van der Waals surface area contributed by atoms with Crippen molar-refractivity contribution in [3.05, 3.63) is 70.1 Å². The summed E-state index contributed by atoms with van der Waals surface area (Å²) in [6.07, 6.45) is 4.74. The number of hydrogen-bond donors (Lipinski definition) is 1. The topological polar surface area (TPSA) is 61.9 Å². The number of carbonyl (C=O) groups excluding carboxylic acids is 1. The summed E-state index contributed by atoms with van der Waals surface area (Å²) in [6, 6.07) is 11.8. The summed E-state index contributed by atoms with van der Waals surface area (Å²) in [5.74, 6) is 0.144. The van der Waals surface area contributed by atoms with E-state index >= 15 is 0 Å². The summed E-state index contributed by atoms with van der Waals surface area (Å²) >= 11 is 3.46. The predicted octanol–water partition coefficient (Wildman–Crippen LogP) is 3.36. The number of benzene rings is 1. The number of hydrogen-bond acceptors (Lipinski definition) is 3. The van der Waals surface area contributed by atoms with Crippen LogP contribution in [0, 0.1) is 0 Å². The summed E-state index contributed by atoms with van der Waals surface area (Å²) in [5, 5.41) is 7.59. The van der Waals surface area contributed by atoms with Crippen molar-refractivity contribution in [3.63, 3.8) is 0 Å². The number of carbonyl (C=O) groups is 1. The molecule has 5 nitrogen and oxygen atoms in total. The van der Waals surface area contributed by atoms with Crippen LogP contribution in [0.15, 0.2) is 53.3 Å². The Morgan fingerprint density at radius 3 is 2.88 bits per heavy atom. The van der Waals surface area contributed by atoms with Crippen molar-refractivity contribution in [1.82, 2.24) is 20.1 Å². The predicted molar refractivity (Wildman–Crippen MR) is 98.8 cm³/mol. The molecular formula is C19H17BrN4O. The minimum Gasteiger partial charge on any atom is -0.338 e. The third-order valence-corrected chi connectivity index (χ3v) is 4.98. The van der Waals surface area contributed by atoms with Gasteiger partial charge in [0.25, 0.3) is 0 Å². The molecule has 126 valence electrons. The van der Waals surface area contributed by atoms with Gasteiger partial charge in [-0.05, 0) is 29.8 Å². The molecule has 0 bridgehead atoms. The van der Waals surface area contributed by atoms with Crippen LogP contribution in [0.2, 0.25) is 0 Å². The SMILES string of the molecule is O=C(Cc1cccc(Br)c1)N1CCc2[nH]nc(-c3ccncc3)c2C1. The molecule has 1 aliphatic rings. The van der Waals surface area contributed by atoms with E-state index in [1.807, 2.05) is 41.3 Å². The molecule has 0 atom stereocenters. The molecule has 1 amide bonds. The van der Waals surface area contributed by atoms with Gasteiger partial charge in [0, 0.05) is 53.2 Å². The van der Waals surface area contributed by atoms with Gasteiger partial charge < -0.3 is 4.90 Å². The van der Waals surface area contributed by atoms with Crippen LogP contribution in [0.1, 0.15) is 16.8 Å². The highest BCUT2D eigenvalue weighted by atomic mass is 79.9. The van der Waals surface area contributed by atoms with Crippen molar-refractivity contribution in [1.29, 1.82) is 0 Å². The first kappa shape index (κ1) is 16.0. The molecular weight excluding hydrogens is 380 g/mol. The van der Waals surface area contributed by atoms with Crippen molar-refractivity contribution >= 4 is 21.8 Å². The number of halogens is 1. The molecule has 1 aliphatic heterocycles. The second kappa shape index (κ2) is 6.80. The molecule has 25 heavy (non-hydrogen) atoms. The van der Waals surface area contributed by atoms with E-state index in [1.165, 1.54) is 0 Å². The number of H-pyrrole nitrogens is 1. The highest BCUT2D eigenvalue weighted by molar-refractivity contribution is 9.10. The first-order valence-corrected chi connectivity index (χ1v) is 8.99. The molecule has 0 radical (unpaired) electrons. The van der Waals surface area contributed by atoms with Crippen LogP contribution < -0.4 is 0 Å². The molecule has 4 rings (SSSR count). The summed E-state index contributed by atoms with van der Waals surface area (Å²) in [6.45, 7) is 1.31. The minimum absolute atomic E-state index is 0.144. The Morgan fingerprint density at radius 1 is 1.24 bits per heavy atom. The fourth-order valence-corrected chi connectivity index (χ4v) is 3.64. The smallest absolute Gasteiger partial charge is 0.227 e.